The molecule has 4 rings (SSSR count). The summed E-state index contributed by atoms with van der Waals surface area (Å²) in [5.41, 5.74) is 6.76. The van der Waals surface area contributed by atoms with Crippen LogP contribution in [0.25, 0.3) is 11.4 Å². The first-order valence-electron chi connectivity index (χ1n) is 10.2. The van der Waals surface area contributed by atoms with Gasteiger partial charge in [0.05, 0.1) is 23.1 Å². The molecule has 0 aliphatic carbocycles. The molecule has 1 fully saturated rings. The highest BCUT2D eigenvalue weighted by Gasteiger charge is 2.34. The number of carbonyl (C=O) groups is 1. The first-order chi connectivity index (χ1) is 15.8. The zero-order chi connectivity index (χ0) is 23.8. The van der Waals surface area contributed by atoms with Crippen molar-refractivity contribution >= 4 is 33.6 Å². The quantitative estimate of drug-likeness (QED) is 0.401. The van der Waals surface area contributed by atoms with E-state index in [1.807, 2.05) is 6.26 Å². The van der Waals surface area contributed by atoms with Crippen molar-refractivity contribution in [1.82, 2.24) is 24.2 Å². The summed E-state index contributed by atoms with van der Waals surface area (Å²) >= 11 is 1.44. The fourth-order valence-electron chi connectivity index (χ4n) is 3.82. The average molecular weight is 493 g/mol. The van der Waals surface area contributed by atoms with Gasteiger partial charge in [-0.1, -0.05) is 17.3 Å². The largest absolute Gasteiger partial charge is 0.465 e. The van der Waals surface area contributed by atoms with Crippen molar-refractivity contribution in [1.29, 1.82) is 0 Å². The highest BCUT2D eigenvalue weighted by atomic mass is 32.2. The van der Waals surface area contributed by atoms with E-state index in [1.165, 1.54) is 35.3 Å². The molecule has 0 unspecified atom stereocenters. The molecule has 1 aliphatic rings. The summed E-state index contributed by atoms with van der Waals surface area (Å²) in [7, 11) is -0.904. The lowest BCUT2D eigenvalue weighted by atomic mass is 9.98. The van der Waals surface area contributed by atoms with Gasteiger partial charge in [-0.25, -0.2) is 13.2 Å². The predicted octanol–water partition coefficient (Wildman–Crippen LogP) is 2.13. The van der Waals surface area contributed by atoms with Crippen LogP contribution in [0.3, 0.4) is 0 Å². The molecule has 176 valence electrons. The molecule has 2 aromatic heterocycles. The summed E-state index contributed by atoms with van der Waals surface area (Å²) in [5, 5.41) is 9.13. The van der Waals surface area contributed by atoms with Crippen LogP contribution in [0.15, 0.2) is 38.7 Å². The summed E-state index contributed by atoms with van der Waals surface area (Å²) in [6.45, 7) is 0.511. The van der Waals surface area contributed by atoms with Crippen LogP contribution in [0.5, 0.6) is 0 Å². The maximum Gasteiger partial charge on any atom is 0.339 e. The van der Waals surface area contributed by atoms with Gasteiger partial charge in [0, 0.05) is 26.1 Å². The number of thioether (sulfide) groups is 1. The first kappa shape index (κ1) is 23.3. The number of methoxy groups -OCH3 is 1. The summed E-state index contributed by atoms with van der Waals surface area (Å²) in [6.07, 6.45) is 2.89. The Morgan fingerprint density at radius 3 is 2.64 bits per heavy atom. The second-order valence-corrected chi connectivity index (χ2v) is 10.2. The highest BCUT2D eigenvalue weighted by Crippen LogP contribution is 2.35. The van der Waals surface area contributed by atoms with Crippen LogP contribution < -0.4 is 5.73 Å². The van der Waals surface area contributed by atoms with Crippen LogP contribution in [-0.2, 0) is 21.8 Å². The highest BCUT2D eigenvalue weighted by molar-refractivity contribution is 7.98. The maximum atomic E-state index is 13.2. The Bertz CT molecular complexity index is 1280. The van der Waals surface area contributed by atoms with Crippen LogP contribution in [0, 0.1) is 0 Å². The SMILES string of the molecule is COC(=O)c1ccccc1S(=O)(=O)N1CCC(c2nc(-c3c(SC)nn(C)c3N)no2)CC1. The van der Waals surface area contributed by atoms with Crippen LogP contribution in [-0.4, -0.2) is 65.1 Å². The second kappa shape index (κ2) is 9.15. The molecule has 0 radical (unpaired) electrons. The number of aromatic nitrogens is 4. The van der Waals surface area contributed by atoms with Crippen molar-refractivity contribution in [3.05, 3.63) is 35.7 Å². The van der Waals surface area contributed by atoms with Gasteiger partial charge in [-0.15, -0.1) is 11.8 Å². The summed E-state index contributed by atoms with van der Waals surface area (Å²) < 4.78 is 39.6. The Balaban J connectivity index is 1.51. The third-order valence-electron chi connectivity index (χ3n) is 5.63. The normalized spacial score (nSPS) is 15.6. The molecule has 1 saturated heterocycles. The van der Waals surface area contributed by atoms with Crippen molar-refractivity contribution in [2.24, 2.45) is 7.05 Å². The van der Waals surface area contributed by atoms with Gasteiger partial charge in [-0.2, -0.15) is 14.4 Å². The zero-order valence-corrected chi connectivity index (χ0v) is 20.0. The molecule has 0 spiro atoms. The first-order valence-corrected chi connectivity index (χ1v) is 12.8. The lowest BCUT2D eigenvalue weighted by Gasteiger charge is -2.30. The minimum absolute atomic E-state index is 0.0160. The van der Waals surface area contributed by atoms with E-state index in [4.69, 9.17) is 15.0 Å². The number of carbonyl (C=O) groups excluding carboxylic acids is 1. The average Bonchev–Trinajstić information content (AvgIpc) is 3.43. The molecule has 13 heteroatoms. The van der Waals surface area contributed by atoms with Gasteiger partial charge in [-0.3, -0.25) is 4.68 Å². The molecule has 0 saturated carbocycles. The van der Waals surface area contributed by atoms with Gasteiger partial charge in [0.15, 0.2) is 0 Å². The number of rotatable bonds is 6. The Hall–Kier alpha value is -2.90. The molecule has 0 amide bonds. The number of nitrogens with two attached hydrogens (primary N) is 1. The van der Waals surface area contributed by atoms with Crippen molar-refractivity contribution in [2.45, 2.75) is 28.7 Å². The molecule has 11 nitrogen and oxygen atoms in total. The van der Waals surface area contributed by atoms with Gasteiger partial charge >= 0.3 is 5.97 Å². The summed E-state index contributed by atoms with van der Waals surface area (Å²) in [5.74, 6) is 0.456. The third kappa shape index (κ3) is 4.23. The van der Waals surface area contributed by atoms with Gasteiger partial charge in [0.25, 0.3) is 0 Å². The number of ether oxygens (including phenoxy) is 1. The molecule has 1 aromatic carbocycles. The van der Waals surface area contributed by atoms with E-state index >= 15 is 0 Å². The molecule has 2 N–H and O–H groups in total. The number of benzene rings is 1. The smallest absolute Gasteiger partial charge is 0.339 e. The Labute approximate surface area is 195 Å². The predicted molar refractivity (Wildman–Crippen MR) is 121 cm³/mol. The van der Waals surface area contributed by atoms with Crippen molar-refractivity contribution in [2.75, 3.05) is 32.2 Å². The number of nitrogen functional groups attached to an aromatic ring is 1. The fraction of sp³-hybridized carbons (Fsp3) is 0.400. The Kier molecular flexibility index (Phi) is 6.45. The minimum Gasteiger partial charge on any atom is -0.465 e. The molecular weight excluding hydrogens is 468 g/mol. The number of piperidine rings is 1. The van der Waals surface area contributed by atoms with Gasteiger partial charge in [0.2, 0.25) is 21.7 Å². The lowest BCUT2D eigenvalue weighted by Crippen LogP contribution is -2.38. The van der Waals surface area contributed by atoms with Crippen LogP contribution >= 0.6 is 11.8 Å². The molecule has 33 heavy (non-hydrogen) atoms. The summed E-state index contributed by atoms with van der Waals surface area (Å²) in [4.78, 5) is 16.5. The van der Waals surface area contributed by atoms with Gasteiger partial charge in [-0.05, 0) is 31.2 Å². The molecular formula is C20H24N6O5S2. The van der Waals surface area contributed by atoms with Crippen LogP contribution in [0.1, 0.15) is 35.0 Å². The number of hydrogen-bond acceptors (Lipinski definition) is 10. The number of sulfonamides is 1. The zero-order valence-electron chi connectivity index (χ0n) is 18.4. The van der Waals surface area contributed by atoms with Crippen molar-refractivity contribution < 1.29 is 22.5 Å². The van der Waals surface area contributed by atoms with E-state index in [2.05, 4.69) is 15.2 Å². The van der Waals surface area contributed by atoms with E-state index in [1.54, 1.807) is 23.9 Å². The van der Waals surface area contributed by atoms with Crippen LogP contribution in [0.2, 0.25) is 0 Å². The van der Waals surface area contributed by atoms with Crippen molar-refractivity contribution in [3.8, 4) is 11.4 Å². The lowest BCUT2D eigenvalue weighted by molar-refractivity contribution is 0.0596. The van der Waals surface area contributed by atoms with Gasteiger partial charge in [0.1, 0.15) is 10.8 Å². The molecule has 3 heterocycles. The van der Waals surface area contributed by atoms with E-state index in [0.717, 1.165) is 0 Å². The number of anilines is 1. The van der Waals surface area contributed by atoms with E-state index in [-0.39, 0.29) is 29.5 Å². The topological polar surface area (TPSA) is 146 Å². The van der Waals surface area contributed by atoms with E-state index in [9.17, 15) is 13.2 Å². The second-order valence-electron chi connectivity index (χ2n) is 7.52. The molecule has 0 bridgehead atoms. The minimum atomic E-state index is -3.87. The van der Waals surface area contributed by atoms with Crippen LogP contribution in [0.4, 0.5) is 5.82 Å². The summed E-state index contributed by atoms with van der Waals surface area (Å²) in [6, 6.07) is 6.04. The van der Waals surface area contributed by atoms with E-state index < -0.39 is 16.0 Å². The monoisotopic (exact) mass is 492 g/mol. The molecule has 3 aromatic rings. The third-order valence-corrected chi connectivity index (χ3v) is 8.26. The number of hydrogen-bond donors (Lipinski definition) is 1. The molecule has 0 atom stereocenters. The van der Waals surface area contributed by atoms with Crippen molar-refractivity contribution in [3.63, 3.8) is 0 Å². The number of nitrogens with zero attached hydrogens (tertiary/aromatic N) is 5. The standard InChI is InChI=1S/C20H24N6O5S2/c1-25-16(21)15(19(23-25)32-3)17-22-18(31-24-17)12-8-10-26(11-9-12)33(28,29)14-7-5-4-6-13(14)20(27)30-2/h4-7,12H,8-11,21H2,1-3H3. The number of aryl methyl sites for hydroxylation is 1. The maximum absolute atomic E-state index is 13.2. The Morgan fingerprint density at radius 2 is 1.97 bits per heavy atom. The number of esters is 1. The molecule has 1 aliphatic heterocycles. The van der Waals surface area contributed by atoms with E-state index in [0.29, 0.717) is 41.0 Å². The van der Waals surface area contributed by atoms with Gasteiger partial charge < -0.3 is 15.0 Å². The Morgan fingerprint density at radius 1 is 1.27 bits per heavy atom. The fourth-order valence-corrected chi connectivity index (χ4v) is 6.07.